The number of carbonyl (C=O) groups excluding carboxylic acids is 1. The molecule has 0 radical (unpaired) electrons. The highest BCUT2D eigenvalue weighted by molar-refractivity contribution is 5.70. The molecule has 0 aliphatic carbocycles. The lowest BCUT2D eigenvalue weighted by Crippen LogP contribution is -2.55. The number of ether oxygens (including phenoxy) is 2. The van der Waals surface area contributed by atoms with E-state index in [0.29, 0.717) is 6.42 Å². The molecule has 2 N–H and O–H groups in total. The van der Waals surface area contributed by atoms with Crippen molar-refractivity contribution in [1.82, 2.24) is 4.90 Å². The number of aliphatic hydroxyl groups excluding tert-OH is 2. The number of unbranched alkanes of at least 4 members (excludes halogenated alkanes) is 11. The van der Waals surface area contributed by atoms with E-state index in [1.165, 1.54) is 69.1 Å². The molecular formula is C26H51NO5. The van der Waals surface area contributed by atoms with E-state index in [9.17, 15) is 15.0 Å². The van der Waals surface area contributed by atoms with E-state index in [1.54, 1.807) is 13.8 Å². The summed E-state index contributed by atoms with van der Waals surface area (Å²) < 4.78 is 11.3. The monoisotopic (exact) mass is 457 g/mol. The maximum Gasteiger partial charge on any atom is 0.412 e. The number of amides is 1. The van der Waals surface area contributed by atoms with Gasteiger partial charge in [-0.05, 0) is 41.0 Å². The van der Waals surface area contributed by atoms with Crippen molar-refractivity contribution in [2.24, 2.45) is 0 Å². The van der Waals surface area contributed by atoms with Gasteiger partial charge in [-0.15, -0.1) is 0 Å². The maximum absolute atomic E-state index is 12.7. The van der Waals surface area contributed by atoms with E-state index in [-0.39, 0.29) is 6.61 Å². The number of nitrogens with zero attached hydrogens (tertiary/aromatic N) is 1. The van der Waals surface area contributed by atoms with Crippen LogP contribution in [0.2, 0.25) is 0 Å². The van der Waals surface area contributed by atoms with Gasteiger partial charge in [-0.1, -0.05) is 84.0 Å². The fourth-order valence-electron chi connectivity index (χ4n) is 4.37. The minimum atomic E-state index is -1.06. The van der Waals surface area contributed by atoms with E-state index < -0.39 is 35.7 Å². The van der Waals surface area contributed by atoms with Crippen LogP contribution in [0.1, 0.15) is 125 Å². The molecule has 1 heterocycles. The predicted molar refractivity (Wildman–Crippen MR) is 130 cm³/mol. The third-order valence-electron chi connectivity index (χ3n) is 6.25. The molecule has 6 heteroatoms. The van der Waals surface area contributed by atoms with Crippen molar-refractivity contribution < 1.29 is 24.5 Å². The van der Waals surface area contributed by atoms with Crippen LogP contribution in [0.3, 0.4) is 0 Å². The zero-order chi connectivity index (χ0) is 24.2. The van der Waals surface area contributed by atoms with Gasteiger partial charge in [0.2, 0.25) is 0 Å². The molecule has 0 aromatic heterocycles. The maximum atomic E-state index is 12.7. The molecule has 1 aliphatic rings. The van der Waals surface area contributed by atoms with Gasteiger partial charge in [0.1, 0.15) is 17.4 Å². The van der Waals surface area contributed by atoms with Gasteiger partial charge >= 0.3 is 6.09 Å². The second-order valence-electron chi connectivity index (χ2n) is 10.9. The van der Waals surface area contributed by atoms with Crippen molar-refractivity contribution in [3.63, 3.8) is 0 Å². The fourth-order valence-corrected chi connectivity index (χ4v) is 4.37. The molecule has 1 saturated heterocycles. The third-order valence-corrected chi connectivity index (χ3v) is 6.25. The predicted octanol–water partition coefficient (Wildman–Crippen LogP) is 6.17. The highest BCUT2D eigenvalue weighted by atomic mass is 16.6. The van der Waals surface area contributed by atoms with Gasteiger partial charge in [0.15, 0.2) is 0 Å². The Morgan fingerprint density at radius 1 is 0.969 bits per heavy atom. The minimum Gasteiger partial charge on any atom is -0.444 e. The van der Waals surface area contributed by atoms with Crippen LogP contribution in [0.4, 0.5) is 4.79 Å². The summed E-state index contributed by atoms with van der Waals surface area (Å²) in [6.07, 6.45) is 13.2. The average Bonchev–Trinajstić information content (AvgIpc) is 3.01. The molecule has 190 valence electrons. The van der Waals surface area contributed by atoms with Gasteiger partial charge in [0.05, 0.1) is 18.8 Å². The molecular weight excluding hydrogens is 406 g/mol. The molecule has 0 saturated carbocycles. The first kappa shape index (κ1) is 29.2. The van der Waals surface area contributed by atoms with E-state index in [2.05, 4.69) is 6.92 Å². The Bertz CT molecular complexity index is 517. The number of hydrogen-bond donors (Lipinski definition) is 2. The summed E-state index contributed by atoms with van der Waals surface area (Å²) in [6.45, 7) is 11.4. The Balaban J connectivity index is 2.28. The first-order chi connectivity index (χ1) is 15.0. The van der Waals surface area contributed by atoms with Crippen molar-refractivity contribution in [2.75, 3.05) is 6.61 Å². The van der Waals surface area contributed by atoms with Crippen LogP contribution in [0.15, 0.2) is 0 Å². The van der Waals surface area contributed by atoms with Crippen molar-refractivity contribution in [1.29, 1.82) is 0 Å². The molecule has 6 nitrogen and oxygen atoms in total. The molecule has 0 bridgehead atoms. The molecule has 1 fully saturated rings. The SMILES string of the molecule is CCCCCCCCCCCCCC[C@@H](O)[C@@H](O)[C@@H]1COC(C)(C)N1C(=O)OC(C)(C)C. The van der Waals surface area contributed by atoms with Crippen LogP contribution in [0.25, 0.3) is 0 Å². The molecule has 1 amide bonds. The van der Waals surface area contributed by atoms with Crippen molar-refractivity contribution >= 4 is 6.09 Å². The number of carbonyl (C=O) groups is 1. The Morgan fingerprint density at radius 2 is 1.44 bits per heavy atom. The molecule has 0 aromatic rings. The van der Waals surface area contributed by atoms with Crippen LogP contribution >= 0.6 is 0 Å². The van der Waals surface area contributed by atoms with Gasteiger partial charge in [-0.2, -0.15) is 0 Å². The minimum absolute atomic E-state index is 0.183. The molecule has 3 atom stereocenters. The Kier molecular flexibility index (Phi) is 13.2. The lowest BCUT2D eigenvalue weighted by molar-refractivity contribution is -0.0773. The standard InChI is InChI=1S/C26H51NO5/c1-7-8-9-10-11-12-13-14-15-16-17-18-19-22(28)23(29)21-20-31-26(5,6)27(21)24(30)32-25(2,3)4/h21-23,28-29H,7-20H2,1-6H3/t21-,22+,23-/m0/s1. The number of rotatable bonds is 15. The number of aliphatic hydroxyl groups is 2. The number of hydrogen-bond acceptors (Lipinski definition) is 5. The smallest absolute Gasteiger partial charge is 0.412 e. The summed E-state index contributed by atoms with van der Waals surface area (Å²) >= 11 is 0. The molecule has 32 heavy (non-hydrogen) atoms. The van der Waals surface area contributed by atoms with E-state index in [1.807, 2.05) is 20.8 Å². The fraction of sp³-hybridized carbons (Fsp3) is 0.962. The van der Waals surface area contributed by atoms with Crippen LogP contribution < -0.4 is 0 Å². The normalized spacial score (nSPS) is 20.4. The highest BCUT2D eigenvalue weighted by Gasteiger charge is 2.49. The zero-order valence-electron chi connectivity index (χ0n) is 21.7. The van der Waals surface area contributed by atoms with Crippen LogP contribution in [-0.4, -0.2) is 57.4 Å². The van der Waals surface area contributed by atoms with Crippen LogP contribution in [0.5, 0.6) is 0 Å². The van der Waals surface area contributed by atoms with Gasteiger partial charge in [0, 0.05) is 0 Å². The Labute approximate surface area is 197 Å². The summed E-state index contributed by atoms with van der Waals surface area (Å²) in [5.74, 6) is 0. The molecule has 1 aliphatic heterocycles. The van der Waals surface area contributed by atoms with E-state index in [4.69, 9.17) is 9.47 Å². The Morgan fingerprint density at radius 3 is 1.91 bits per heavy atom. The average molecular weight is 458 g/mol. The summed E-state index contributed by atoms with van der Waals surface area (Å²) in [6, 6.07) is -0.618. The van der Waals surface area contributed by atoms with E-state index in [0.717, 1.165) is 12.8 Å². The molecule has 0 spiro atoms. The quantitative estimate of drug-likeness (QED) is 0.287. The largest absolute Gasteiger partial charge is 0.444 e. The van der Waals surface area contributed by atoms with Crippen molar-refractivity contribution in [3.05, 3.63) is 0 Å². The first-order valence-electron chi connectivity index (χ1n) is 13.0. The Hall–Kier alpha value is -0.850. The lowest BCUT2D eigenvalue weighted by atomic mass is 9.98. The van der Waals surface area contributed by atoms with Gasteiger partial charge in [-0.25, -0.2) is 4.79 Å². The highest BCUT2D eigenvalue weighted by Crippen LogP contribution is 2.32. The second-order valence-corrected chi connectivity index (χ2v) is 10.9. The second kappa shape index (κ2) is 14.4. The summed E-state index contributed by atoms with van der Waals surface area (Å²) in [4.78, 5) is 14.2. The van der Waals surface area contributed by atoms with Gasteiger partial charge in [-0.3, -0.25) is 4.90 Å². The zero-order valence-corrected chi connectivity index (χ0v) is 21.7. The first-order valence-corrected chi connectivity index (χ1v) is 13.0. The van der Waals surface area contributed by atoms with Gasteiger partial charge in [0.25, 0.3) is 0 Å². The summed E-state index contributed by atoms with van der Waals surface area (Å²) in [5, 5.41) is 21.3. The summed E-state index contributed by atoms with van der Waals surface area (Å²) in [5.41, 5.74) is -1.53. The molecule has 1 rings (SSSR count). The van der Waals surface area contributed by atoms with Crippen molar-refractivity contribution in [3.8, 4) is 0 Å². The van der Waals surface area contributed by atoms with Gasteiger partial charge < -0.3 is 19.7 Å². The summed E-state index contributed by atoms with van der Waals surface area (Å²) in [7, 11) is 0. The topological polar surface area (TPSA) is 79.2 Å². The van der Waals surface area contributed by atoms with Crippen LogP contribution in [-0.2, 0) is 9.47 Å². The third kappa shape index (κ3) is 10.8. The van der Waals surface area contributed by atoms with Crippen LogP contribution in [0, 0.1) is 0 Å². The van der Waals surface area contributed by atoms with E-state index >= 15 is 0 Å². The van der Waals surface area contributed by atoms with Crippen molar-refractivity contribution in [2.45, 2.75) is 155 Å². The molecule has 0 unspecified atom stereocenters. The lowest BCUT2D eigenvalue weighted by Gasteiger charge is -2.37. The molecule has 0 aromatic carbocycles.